The highest BCUT2D eigenvalue weighted by Gasteiger charge is 2.49. The van der Waals surface area contributed by atoms with Gasteiger partial charge in [-0.1, -0.05) is 0 Å². The van der Waals surface area contributed by atoms with E-state index >= 15 is 0 Å². The maximum absolute atomic E-state index is 14.7. The second-order valence-electron chi connectivity index (χ2n) is 8.77. The number of benzene rings is 1. The van der Waals surface area contributed by atoms with Gasteiger partial charge in [-0.15, -0.1) is 0 Å². The molecule has 1 saturated carbocycles. The first-order valence-corrected chi connectivity index (χ1v) is 10.7. The van der Waals surface area contributed by atoms with E-state index in [0.29, 0.717) is 36.8 Å². The van der Waals surface area contributed by atoms with Gasteiger partial charge in [-0.05, 0) is 31.9 Å². The second kappa shape index (κ2) is 7.79. The smallest absolute Gasteiger partial charge is 0.261 e. The molecule has 2 aromatic heterocycles. The summed E-state index contributed by atoms with van der Waals surface area (Å²) in [5.74, 6) is -4.11. The van der Waals surface area contributed by atoms with E-state index in [4.69, 9.17) is 4.74 Å². The summed E-state index contributed by atoms with van der Waals surface area (Å²) in [4.78, 5) is 23.9. The molecule has 1 saturated heterocycles. The zero-order valence-corrected chi connectivity index (χ0v) is 18.1. The highest BCUT2D eigenvalue weighted by molar-refractivity contribution is 5.76. The molecule has 0 bridgehead atoms. The molecule has 3 aromatic rings. The summed E-state index contributed by atoms with van der Waals surface area (Å²) < 4.78 is 62.0. The minimum atomic E-state index is -2.65. The van der Waals surface area contributed by atoms with Gasteiger partial charge in [0.05, 0.1) is 18.9 Å². The summed E-state index contributed by atoms with van der Waals surface area (Å²) in [5, 5.41) is 0. The Hall–Kier alpha value is -3.01. The Morgan fingerprint density at radius 1 is 1.15 bits per heavy atom. The van der Waals surface area contributed by atoms with Crippen LogP contribution < -0.4 is 10.5 Å². The fraction of sp³-hybridized carbons (Fsp3) is 0.435. The predicted molar refractivity (Wildman–Crippen MR) is 114 cm³/mol. The minimum absolute atomic E-state index is 0.00866. The molecule has 0 spiro atoms. The van der Waals surface area contributed by atoms with Crippen LogP contribution in [0.4, 0.5) is 23.4 Å². The fourth-order valence-electron chi connectivity index (χ4n) is 4.48. The lowest BCUT2D eigenvalue weighted by Crippen LogP contribution is -2.52. The summed E-state index contributed by atoms with van der Waals surface area (Å²) in [7, 11) is 0. The molecular weight excluding hydrogens is 440 g/mol. The topological polar surface area (TPSA) is 59.7 Å². The second-order valence-corrected chi connectivity index (χ2v) is 8.77. The predicted octanol–water partition coefficient (Wildman–Crippen LogP) is 3.90. The molecule has 6 nitrogen and oxygen atoms in total. The van der Waals surface area contributed by atoms with E-state index in [2.05, 4.69) is 9.97 Å². The lowest BCUT2D eigenvalue weighted by molar-refractivity contribution is -0.154. The Balaban J connectivity index is 1.62. The number of nitrogens with zero attached hydrogens (tertiary/aromatic N) is 4. The third kappa shape index (κ3) is 3.86. The molecule has 174 valence electrons. The number of alkyl halides is 2. The highest BCUT2D eigenvalue weighted by atomic mass is 19.3. The van der Waals surface area contributed by atoms with Gasteiger partial charge in [0.25, 0.3) is 5.56 Å². The summed E-state index contributed by atoms with van der Waals surface area (Å²) >= 11 is 0. The normalized spacial score (nSPS) is 20.8. The highest BCUT2D eigenvalue weighted by Crippen LogP contribution is 2.45. The van der Waals surface area contributed by atoms with E-state index in [1.807, 2.05) is 4.90 Å². The van der Waals surface area contributed by atoms with Crippen LogP contribution in [0.3, 0.4) is 0 Å². The van der Waals surface area contributed by atoms with Gasteiger partial charge in [0.1, 0.15) is 23.1 Å². The van der Waals surface area contributed by atoms with Crippen LogP contribution >= 0.6 is 0 Å². The van der Waals surface area contributed by atoms with Gasteiger partial charge in [-0.3, -0.25) is 9.20 Å². The Bertz CT molecular complexity index is 1300. The number of fused-ring (bicyclic) bond motifs is 1. The fourth-order valence-corrected chi connectivity index (χ4v) is 4.48. The SMILES string of the molecule is Cc1nc2c(-c3ccc(F)cc3F)nc(N3CCOC(C4CC(F)(F)C4)C3)cn2c(=O)c1C. The van der Waals surface area contributed by atoms with E-state index in [1.165, 1.54) is 16.7 Å². The Kier molecular flexibility index (Phi) is 5.15. The number of aryl methyl sites for hydroxylation is 1. The molecule has 0 N–H and O–H groups in total. The molecule has 0 radical (unpaired) electrons. The van der Waals surface area contributed by atoms with Crippen molar-refractivity contribution in [2.45, 2.75) is 38.7 Å². The molecule has 2 fully saturated rings. The monoisotopic (exact) mass is 462 g/mol. The van der Waals surface area contributed by atoms with Crippen LogP contribution in [0, 0.1) is 31.4 Å². The van der Waals surface area contributed by atoms with Gasteiger partial charge in [-0.25, -0.2) is 27.5 Å². The van der Waals surface area contributed by atoms with Crippen molar-refractivity contribution in [3.05, 3.63) is 57.6 Å². The first-order chi connectivity index (χ1) is 15.6. The summed E-state index contributed by atoms with van der Waals surface area (Å²) in [6.45, 7) is 4.38. The average molecular weight is 462 g/mol. The Morgan fingerprint density at radius 3 is 2.61 bits per heavy atom. The Labute approximate surface area is 186 Å². The van der Waals surface area contributed by atoms with E-state index in [9.17, 15) is 22.4 Å². The molecule has 0 amide bonds. The number of halogens is 4. The number of hydrogen-bond acceptors (Lipinski definition) is 5. The standard InChI is InChI=1S/C23H22F4N4O2/c1-12-13(2)28-21-20(16-4-3-15(24)7-17(16)25)29-19(11-31(21)22(12)32)30-5-6-33-18(10-30)14-8-23(26,27)9-14/h3-4,7,11,14,18H,5-6,8-10H2,1-2H3. The van der Waals surface area contributed by atoms with Crippen molar-refractivity contribution in [3.63, 3.8) is 0 Å². The molecule has 1 atom stereocenters. The third-order valence-corrected chi connectivity index (χ3v) is 6.52. The van der Waals surface area contributed by atoms with Gasteiger partial charge in [0.2, 0.25) is 5.92 Å². The molecule has 1 aliphatic heterocycles. The summed E-state index contributed by atoms with van der Waals surface area (Å²) in [5.41, 5.74) is 0.856. The minimum Gasteiger partial charge on any atom is -0.374 e. The molecule has 10 heteroatoms. The average Bonchev–Trinajstić information content (AvgIpc) is 2.76. The van der Waals surface area contributed by atoms with Gasteiger partial charge >= 0.3 is 0 Å². The number of anilines is 1. The van der Waals surface area contributed by atoms with Crippen LogP contribution in [-0.4, -0.2) is 46.1 Å². The van der Waals surface area contributed by atoms with Crippen LogP contribution in [0.2, 0.25) is 0 Å². The number of hydrogen-bond donors (Lipinski definition) is 0. The van der Waals surface area contributed by atoms with Crippen LogP contribution in [0.1, 0.15) is 24.1 Å². The molecular formula is C23H22F4N4O2. The first kappa shape index (κ1) is 21.8. The molecule has 33 heavy (non-hydrogen) atoms. The molecule has 1 aromatic carbocycles. The van der Waals surface area contributed by atoms with E-state index < -0.39 is 23.7 Å². The van der Waals surface area contributed by atoms with Crippen LogP contribution in [0.25, 0.3) is 16.9 Å². The van der Waals surface area contributed by atoms with Crippen molar-refractivity contribution in [1.82, 2.24) is 14.4 Å². The third-order valence-electron chi connectivity index (χ3n) is 6.52. The zero-order chi connectivity index (χ0) is 23.5. The lowest BCUT2D eigenvalue weighted by atomic mass is 9.77. The lowest BCUT2D eigenvalue weighted by Gasteiger charge is -2.44. The van der Waals surface area contributed by atoms with Gasteiger partial charge in [0.15, 0.2) is 5.65 Å². The maximum atomic E-state index is 14.7. The maximum Gasteiger partial charge on any atom is 0.261 e. The molecule has 3 heterocycles. The first-order valence-electron chi connectivity index (χ1n) is 10.7. The van der Waals surface area contributed by atoms with Crippen molar-refractivity contribution in [1.29, 1.82) is 0 Å². The largest absolute Gasteiger partial charge is 0.374 e. The summed E-state index contributed by atoms with van der Waals surface area (Å²) in [6, 6.07) is 3.13. The van der Waals surface area contributed by atoms with E-state index in [0.717, 1.165) is 12.1 Å². The number of morpholine rings is 1. The van der Waals surface area contributed by atoms with Crippen molar-refractivity contribution < 1.29 is 22.3 Å². The van der Waals surface area contributed by atoms with Gasteiger partial charge in [0, 0.05) is 48.8 Å². The van der Waals surface area contributed by atoms with Gasteiger partial charge in [-0.2, -0.15) is 0 Å². The number of ether oxygens (including phenoxy) is 1. The van der Waals surface area contributed by atoms with Crippen molar-refractivity contribution in [3.8, 4) is 11.3 Å². The Morgan fingerprint density at radius 2 is 1.91 bits per heavy atom. The van der Waals surface area contributed by atoms with Crippen LogP contribution in [0.5, 0.6) is 0 Å². The van der Waals surface area contributed by atoms with Crippen LogP contribution in [-0.2, 0) is 4.74 Å². The van der Waals surface area contributed by atoms with E-state index in [-0.39, 0.29) is 41.2 Å². The van der Waals surface area contributed by atoms with Crippen LogP contribution in [0.15, 0.2) is 29.2 Å². The molecule has 1 unspecified atom stereocenters. The van der Waals surface area contributed by atoms with Crippen molar-refractivity contribution in [2.75, 3.05) is 24.6 Å². The van der Waals surface area contributed by atoms with E-state index in [1.54, 1.807) is 13.8 Å². The quantitative estimate of drug-likeness (QED) is 0.553. The number of rotatable bonds is 3. The van der Waals surface area contributed by atoms with Crippen molar-refractivity contribution >= 4 is 11.5 Å². The molecule has 1 aliphatic carbocycles. The molecule has 5 rings (SSSR count). The molecule has 2 aliphatic rings. The zero-order valence-electron chi connectivity index (χ0n) is 18.1. The van der Waals surface area contributed by atoms with Crippen molar-refractivity contribution in [2.24, 2.45) is 5.92 Å². The van der Waals surface area contributed by atoms with Gasteiger partial charge < -0.3 is 9.64 Å². The number of aromatic nitrogens is 3. The summed E-state index contributed by atoms with van der Waals surface area (Å²) in [6.07, 6.45) is 0.700.